The van der Waals surface area contributed by atoms with Gasteiger partial charge < -0.3 is 5.32 Å². The molecule has 2 aromatic rings. The van der Waals surface area contributed by atoms with Crippen molar-refractivity contribution in [2.45, 2.75) is 24.3 Å². The first kappa shape index (κ1) is 13.0. The summed E-state index contributed by atoms with van der Waals surface area (Å²) in [5.41, 5.74) is 1.71. The van der Waals surface area contributed by atoms with Crippen LogP contribution in [0.4, 0.5) is 5.69 Å². The van der Waals surface area contributed by atoms with Gasteiger partial charge in [-0.15, -0.1) is 0 Å². The molecule has 1 fully saturated rings. The molecular weight excluding hydrogens is 270 g/mol. The van der Waals surface area contributed by atoms with Gasteiger partial charge in [-0.25, -0.2) is 4.98 Å². The lowest BCUT2D eigenvalue weighted by atomic mass is 9.62. The van der Waals surface area contributed by atoms with Crippen LogP contribution in [0.1, 0.15) is 18.4 Å². The van der Waals surface area contributed by atoms with Crippen LogP contribution in [-0.4, -0.2) is 11.0 Å². The van der Waals surface area contributed by atoms with Crippen molar-refractivity contribution >= 4 is 17.3 Å². The van der Waals surface area contributed by atoms with Gasteiger partial charge in [0.25, 0.3) is 0 Å². The van der Waals surface area contributed by atoms with E-state index in [0.29, 0.717) is 11.2 Å². The minimum atomic E-state index is -0.351. The second-order valence-electron chi connectivity index (χ2n) is 5.18. The Morgan fingerprint density at radius 3 is 2.65 bits per heavy atom. The highest BCUT2D eigenvalue weighted by molar-refractivity contribution is 6.29. The molecule has 3 nitrogen and oxygen atoms in total. The van der Waals surface area contributed by atoms with Gasteiger partial charge in [0.15, 0.2) is 0 Å². The van der Waals surface area contributed by atoms with Crippen LogP contribution >= 0.6 is 11.6 Å². The number of halogens is 1. The summed E-state index contributed by atoms with van der Waals surface area (Å²) in [7, 11) is 0. The van der Waals surface area contributed by atoms with E-state index in [9.17, 15) is 5.26 Å². The summed E-state index contributed by atoms with van der Waals surface area (Å²) in [4.78, 5) is 3.96. The van der Waals surface area contributed by atoms with Crippen molar-refractivity contribution < 1.29 is 0 Å². The van der Waals surface area contributed by atoms with E-state index in [2.05, 4.69) is 16.4 Å². The second-order valence-corrected chi connectivity index (χ2v) is 5.56. The molecule has 1 saturated carbocycles. The van der Waals surface area contributed by atoms with Crippen LogP contribution in [-0.2, 0) is 5.41 Å². The fourth-order valence-electron chi connectivity index (χ4n) is 2.76. The van der Waals surface area contributed by atoms with E-state index in [1.165, 1.54) is 0 Å². The lowest BCUT2D eigenvalue weighted by Gasteiger charge is -2.43. The molecule has 1 N–H and O–H groups in total. The molecule has 0 bridgehead atoms. The second kappa shape index (κ2) is 5.15. The van der Waals surface area contributed by atoms with Crippen molar-refractivity contribution in [2.24, 2.45) is 0 Å². The maximum absolute atomic E-state index is 9.51. The molecule has 0 unspecified atom stereocenters. The third-order valence-corrected chi connectivity index (χ3v) is 4.03. The molecule has 0 radical (unpaired) electrons. The number of pyridine rings is 1. The lowest BCUT2D eigenvalue weighted by Crippen LogP contribution is -2.47. The largest absolute Gasteiger partial charge is 0.382 e. The van der Waals surface area contributed by atoms with Crippen molar-refractivity contribution in [3.63, 3.8) is 0 Å². The molecule has 0 aliphatic heterocycles. The molecule has 1 aliphatic carbocycles. The first-order valence-corrected chi connectivity index (χ1v) is 6.94. The van der Waals surface area contributed by atoms with E-state index < -0.39 is 0 Å². The fourth-order valence-corrected chi connectivity index (χ4v) is 2.93. The number of nitrogens with one attached hydrogen (secondary N) is 1. The SMILES string of the molecule is N#CC1(c2ccccc2)CC(Nc2ccnc(Cl)c2)C1. The average molecular weight is 284 g/mol. The average Bonchev–Trinajstić information content (AvgIpc) is 2.43. The molecule has 1 heterocycles. The molecule has 20 heavy (non-hydrogen) atoms. The van der Waals surface area contributed by atoms with E-state index in [4.69, 9.17) is 11.6 Å². The Balaban J connectivity index is 1.70. The van der Waals surface area contributed by atoms with Gasteiger partial charge in [-0.3, -0.25) is 0 Å². The molecule has 100 valence electrons. The van der Waals surface area contributed by atoms with Gasteiger partial charge >= 0.3 is 0 Å². The summed E-state index contributed by atoms with van der Waals surface area (Å²) in [6.45, 7) is 0. The monoisotopic (exact) mass is 283 g/mol. The van der Waals surface area contributed by atoms with Gasteiger partial charge in [0.05, 0.1) is 11.5 Å². The van der Waals surface area contributed by atoms with Crippen LogP contribution in [0.15, 0.2) is 48.7 Å². The summed E-state index contributed by atoms with van der Waals surface area (Å²) in [5.74, 6) is 0. The summed E-state index contributed by atoms with van der Waals surface area (Å²) in [5, 5.41) is 13.4. The van der Waals surface area contributed by atoms with E-state index in [1.54, 1.807) is 12.3 Å². The van der Waals surface area contributed by atoms with Gasteiger partial charge in [0.1, 0.15) is 5.15 Å². The van der Waals surface area contributed by atoms with Gasteiger partial charge in [0, 0.05) is 17.9 Å². The summed E-state index contributed by atoms with van der Waals surface area (Å²) >= 11 is 5.87. The Morgan fingerprint density at radius 1 is 1.25 bits per heavy atom. The number of anilines is 1. The Morgan fingerprint density at radius 2 is 2.00 bits per heavy atom. The smallest absolute Gasteiger partial charge is 0.131 e. The molecular formula is C16H14ClN3. The van der Waals surface area contributed by atoms with E-state index in [0.717, 1.165) is 24.1 Å². The van der Waals surface area contributed by atoms with Gasteiger partial charge in [-0.1, -0.05) is 41.9 Å². The first-order chi connectivity index (χ1) is 9.72. The molecule has 0 saturated heterocycles. The molecule has 0 amide bonds. The zero-order chi connectivity index (χ0) is 14.0. The zero-order valence-electron chi connectivity index (χ0n) is 10.9. The zero-order valence-corrected chi connectivity index (χ0v) is 11.6. The fraction of sp³-hybridized carbons (Fsp3) is 0.250. The van der Waals surface area contributed by atoms with Crippen molar-refractivity contribution in [1.82, 2.24) is 4.98 Å². The molecule has 1 aromatic heterocycles. The van der Waals surface area contributed by atoms with E-state index in [1.807, 2.05) is 36.4 Å². The summed E-state index contributed by atoms with van der Waals surface area (Å²) in [6, 6.07) is 16.5. The number of nitrogens with zero attached hydrogens (tertiary/aromatic N) is 2. The Hall–Kier alpha value is -2.05. The molecule has 0 spiro atoms. The van der Waals surface area contributed by atoms with Crippen LogP contribution in [0.5, 0.6) is 0 Å². The van der Waals surface area contributed by atoms with Gasteiger partial charge in [-0.05, 0) is 30.5 Å². The standard InChI is InChI=1S/C16H14ClN3/c17-15-8-13(6-7-19-15)20-14-9-16(10-14,11-18)12-4-2-1-3-5-12/h1-8,14H,9-10H2,(H,19,20). The number of hydrogen-bond donors (Lipinski definition) is 1. The minimum Gasteiger partial charge on any atom is -0.382 e. The predicted octanol–water partition coefficient (Wildman–Crippen LogP) is 3.77. The molecule has 4 heteroatoms. The highest BCUT2D eigenvalue weighted by atomic mass is 35.5. The van der Waals surface area contributed by atoms with Crippen LogP contribution in [0.3, 0.4) is 0 Å². The third kappa shape index (κ3) is 2.35. The highest BCUT2D eigenvalue weighted by Gasteiger charge is 2.46. The number of rotatable bonds is 3. The maximum Gasteiger partial charge on any atom is 0.131 e. The number of nitriles is 1. The maximum atomic E-state index is 9.51. The van der Waals surface area contributed by atoms with E-state index >= 15 is 0 Å². The van der Waals surface area contributed by atoms with Crippen LogP contribution < -0.4 is 5.32 Å². The van der Waals surface area contributed by atoms with Crippen LogP contribution in [0.25, 0.3) is 0 Å². The Bertz CT molecular complexity index is 642. The minimum absolute atomic E-state index is 0.299. The summed E-state index contributed by atoms with van der Waals surface area (Å²) in [6.07, 6.45) is 3.30. The van der Waals surface area contributed by atoms with Gasteiger partial charge in [-0.2, -0.15) is 5.26 Å². The molecule has 0 atom stereocenters. The molecule has 3 rings (SSSR count). The third-order valence-electron chi connectivity index (χ3n) is 3.83. The van der Waals surface area contributed by atoms with Gasteiger partial charge in [0.2, 0.25) is 0 Å². The van der Waals surface area contributed by atoms with Crippen molar-refractivity contribution in [3.8, 4) is 6.07 Å². The number of hydrogen-bond acceptors (Lipinski definition) is 3. The quantitative estimate of drug-likeness (QED) is 0.872. The lowest BCUT2D eigenvalue weighted by molar-refractivity contribution is 0.289. The Kier molecular flexibility index (Phi) is 3.33. The van der Waals surface area contributed by atoms with Crippen molar-refractivity contribution in [1.29, 1.82) is 5.26 Å². The van der Waals surface area contributed by atoms with Crippen LogP contribution in [0, 0.1) is 11.3 Å². The Labute approximate surface area is 123 Å². The number of aromatic nitrogens is 1. The van der Waals surface area contributed by atoms with E-state index in [-0.39, 0.29) is 5.41 Å². The number of benzene rings is 1. The summed E-state index contributed by atoms with van der Waals surface area (Å²) < 4.78 is 0. The molecule has 1 aromatic carbocycles. The van der Waals surface area contributed by atoms with Crippen molar-refractivity contribution in [2.75, 3.05) is 5.32 Å². The molecule has 1 aliphatic rings. The highest BCUT2D eigenvalue weighted by Crippen LogP contribution is 2.44. The predicted molar refractivity (Wildman–Crippen MR) is 79.6 cm³/mol. The van der Waals surface area contributed by atoms with Crippen LogP contribution in [0.2, 0.25) is 5.15 Å². The van der Waals surface area contributed by atoms with Crippen molar-refractivity contribution in [3.05, 3.63) is 59.4 Å². The first-order valence-electron chi connectivity index (χ1n) is 6.57. The topological polar surface area (TPSA) is 48.7 Å². The normalized spacial score (nSPS) is 24.5.